The fourth-order valence-electron chi connectivity index (χ4n) is 0.740. The third-order valence-electron chi connectivity index (χ3n) is 1.37. The molecule has 0 fully saturated rings. The van der Waals surface area contributed by atoms with Gasteiger partial charge in [-0.1, -0.05) is 13.0 Å². The van der Waals surface area contributed by atoms with Gasteiger partial charge in [-0.25, -0.2) is 4.79 Å². The van der Waals surface area contributed by atoms with Crippen LogP contribution in [0.4, 0.5) is 0 Å². The van der Waals surface area contributed by atoms with Gasteiger partial charge in [-0.05, 0) is 12.2 Å². The molecule has 0 N–H and O–H groups in total. The number of ether oxygens (including phenoxy) is 1. The van der Waals surface area contributed by atoms with E-state index in [1.54, 1.807) is 12.2 Å². The summed E-state index contributed by atoms with van der Waals surface area (Å²) in [6.07, 6.45) is 5.30. The molecular formula is C9H9IO2Zn-. The maximum Gasteiger partial charge on any atom is 0.345 e. The Labute approximate surface area is 108 Å². The summed E-state index contributed by atoms with van der Waals surface area (Å²) in [6, 6.07) is 0. The van der Waals surface area contributed by atoms with Crippen LogP contribution >= 0.6 is 0 Å². The zero-order valence-corrected chi connectivity index (χ0v) is 12.8. The van der Waals surface area contributed by atoms with Crippen LogP contribution in [-0.4, -0.2) is 13.1 Å². The molecule has 0 saturated heterocycles. The topological polar surface area (TPSA) is 26.3 Å². The molecule has 2 nitrogen and oxygen atoms in total. The number of rotatable bonds is 1. The Hall–Kier alpha value is 0.0834. The molecule has 0 bridgehead atoms. The van der Waals surface area contributed by atoms with Crippen LogP contribution < -0.4 is 24.0 Å². The van der Waals surface area contributed by atoms with E-state index in [4.69, 9.17) is 0 Å². The average Bonchev–Trinajstić information content (AvgIpc) is 2.05. The molecule has 0 aromatic carbocycles. The van der Waals surface area contributed by atoms with E-state index >= 15 is 0 Å². The van der Waals surface area contributed by atoms with Gasteiger partial charge in [-0.15, -0.1) is 5.73 Å². The molecule has 0 aromatic rings. The van der Waals surface area contributed by atoms with Crippen LogP contribution in [-0.2, 0) is 29.0 Å². The molecule has 0 heterocycles. The van der Waals surface area contributed by atoms with Gasteiger partial charge in [0.15, 0.2) is 0 Å². The monoisotopic (exact) mass is 340 g/mol. The minimum atomic E-state index is -0.343. The summed E-state index contributed by atoms with van der Waals surface area (Å²) in [6.45, 7) is 1.94. The minimum absolute atomic E-state index is 0. The van der Waals surface area contributed by atoms with Crippen molar-refractivity contribution in [3.63, 3.8) is 0 Å². The molecule has 0 aliphatic heterocycles. The number of methoxy groups -OCH3 is 1. The Balaban J connectivity index is 0. The second-order valence-electron chi connectivity index (χ2n) is 2.27. The number of hydrogen-bond donors (Lipinski definition) is 0. The standard InChI is InChI=1S/C9H9O2.HI.Zn/c1-7-3-5-8(6-4-7)9(10)11-2;;/h3-5H,1-2H3;1H;/p-1. The maximum absolute atomic E-state index is 10.9. The summed E-state index contributed by atoms with van der Waals surface area (Å²) in [5.74, 6) is 0.739. The van der Waals surface area contributed by atoms with Gasteiger partial charge in [0.2, 0.25) is 0 Å². The van der Waals surface area contributed by atoms with Crippen molar-refractivity contribution in [1.82, 2.24) is 0 Å². The molecule has 4 heteroatoms. The van der Waals surface area contributed by atoms with Gasteiger partial charge in [0.1, 0.15) is 5.57 Å². The molecule has 0 spiro atoms. The minimum Gasteiger partial charge on any atom is -1.00 e. The predicted octanol–water partition coefficient (Wildman–Crippen LogP) is -1.59. The number of carbonyl (C=O) groups is 1. The van der Waals surface area contributed by atoms with Crippen molar-refractivity contribution in [1.29, 1.82) is 0 Å². The summed E-state index contributed by atoms with van der Waals surface area (Å²) in [7, 11) is 1.36. The first-order valence-electron chi connectivity index (χ1n) is 3.30. The Morgan fingerprint density at radius 2 is 2.08 bits per heavy atom. The van der Waals surface area contributed by atoms with Crippen molar-refractivity contribution in [3.8, 4) is 0 Å². The number of esters is 1. The molecule has 1 aliphatic rings. The Kier molecular flexibility index (Phi) is 8.95. The van der Waals surface area contributed by atoms with Gasteiger partial charge in [0.05, 0.1) is 7.11 Å². The van der Waals surface area contributed by atoms with Gasteiger partial charge in [-0.2, -0.15) is 0 Å². The van der Waals surface area contributed by atoms with Gasteiger partial charge < -0.3 is 28.7 Å². The third kappa shape index (κ3) is 4.75. The van der Waals surface area contributed by atoms with Gasteiger partial charge in [0, 0.05) is 25.4 Å². The van der Waals surface area contributed by atoms with Crippen LogP contribution in [0, 0.1) is 5.92 Å². The van der Waals surface area contributed by atoms with Crippen molar-refractivity contribution < 1.29 is 53.0 Å². The Bertz CT molecular complexity index is 265. The van der Waals surface area contributed by atoms with Gasteiger partial charge in [-0.3, -0.25) is 0 Å². The molecule has 13 heavy (non-hydrogen) atoms. The molecule has 1 rings (SSSR count). The zero-order chi connectivity index (χ0) is 8.27. The van der Waals surface area contributed by atoms with Crippen LogP contribution in [0.5, 0.6) is 0 Å². The number of hydrogen-bond acceptors (Lipinski definition) is 2. The Morgan fingerprint density at radius 1 is 1.46 bits per heavy atom. The normalized spacial score (nSPS) is 13.8. The van der Waals surface area contributed by atoms with Crippen molar-refractivity contribution in [3.05, 3.63) is 35.5 Å². The molecule has 0 aromatic heterocycles. The molecule has 0 amide bonds. The first kappa shape index (κ1) is 15.6. The first-order valence-corrected chi connectivity index (χ1v) is 3.30. The summed E-state index contributed by atoms with van der Waals surface area (Å²) < 4.78 is 4.51. The van der Waals surface area contributed by atoms with E-state index in [-0.39, 0.29) is 49.4 Å². The largest absolute Gasteiger partial charge is 1.00 e. The van der Waals surface area contributed by atoms with Crippen molar-refractivity contribution >= 4 is 5.97 Å². The summed E-state index contributed by atoms with van der Waals surface area (Å²) in [5, 5.41) is 0. The number of allylic oxidation sites excluding steroid dienone is 1. The van der Waals surface area contributed by atoms with E-state index in [0.717, 1.165) is 5.92 Å². The predicted molar refractivity (Wildman–Crippen MR) is 41.7 cm³/mol. The second-order valence-corrected chi connectivity index (χ2v) is 2.27. The van der Waals surface area contributed by atoms with E-state index in [2.05, 4.69) is 10.5 Å². The van der Waals surface area contributed by atoms with Crippen LogP contribution in [0.15, 0.2) is 29.5 Å². The van der Waals surface area contributed by atoms with E-state index in [1.807, 2.05) is 13.0 Å². The van der Waals surface area contributed by atoms with E-state index < -0.39 is 0 Å². The van der Waals surface area contributed by atoms with Crippen LogP contribution in [0.3, 0.4) is 0 Å². The van der Waals surface area contributed by atoms with Crippen LogP contribution in [0.25, 0.3) is 0 Å². The summed E-state index contributed by atoms with van der Waals surface area (Å²) >= 11 is 0. The maximum atomic E-state index is 10.9. The van der Waals surface area contributed by atoms with Crippen molar-refractivity contribution in [2.75, 3.05) is 7.11 Å². The number of carbonyl (C=O) groups excluding carboxylic acids is 1. The third-order valence-corrected chi connectivity index (χ3v) is 1.37. The van der Waals surface area contributed by atoms with E-state index in [9.17, 15) is 4.79 Å². The fraction of sp³-hybridized carbons (Fsp3) is 0.222. The Morgan fingerprint density at radius 3 is 2.46 bits per heavy atom. The molecular weight excluding hydrogens is 332 g/mol. The zero-order valence-electron chi connectivity index (χ0n) is 7.63. The molecule has 0 unspecified atom stereocenters. The second kappa shape index (κ2) is 7.48. The quantitative estimate of drug-likeness (QED) is 0.249. The van der Waals surface area contributed by atoms with Gasteiger partial charge >= 0.3 is 5.97 Å². The van der Waals surface area contributed by atoms with Crippen molar-refractivity contribution in [2.45, 2.75) is 6.92 Å². The van der Waals surface area contributed by atoms with E-state index in [1.165, 1.54) is 7.11 Å². The van der Waals surface area contributed by atoms with Crippen LogP contribution in [0.2, 0.25) is 0 Å². The van der Waals surface area contributed by atoms with Crippen LogP contribution in [0.1, 0.15) is 6.92 Å². The van der Waals surface area contributed by atoms with Crippen molar-refractivity contribution in [2.24, 2.45) is 0 Å². The molecule has 0 atom stereocenters. The SMILES string of the molecule is COC(=O)C1=C=C[C](C)C=C1.[I-].[Zn]. The molecule has 1 radical (unpaired) electrons. The molecule has 1 aliphatic carbocycles. The smallest absolute Gasteiger partial charge is 0.345 e. The number of halogens is 1. The summed E-state index contributed by atoms with van der Waals surface area (Å²) in [4.78, 5) is 10.9. The molecule has 67 valence electrons. The summed E-state index contributed by atoms with van der Waals surface area (Å²) in [5.41, 5.74) is 3.28. The van der Waals surface area contributed by atoms with E-state index in [0.29, 0.717) is 5.57 Å². The average molecular weight is 341 g/mol. The van der Waals surface area contributed by atoms with Gasteiger partial charge in [0.25, 0.3) is 0 Å². The first-order chi connectivity index (χ1) is 5.24. The fourth-order valence-corrected chi connectivity index (χ4v) is 0.740. The molecule has 0 saturated carbocycles.